The Morgan fingerprint density at radius 1 is 1.21 bits per heavy atom. The number of aromatic nitrogens is 2. The molecule has 1 aliphatic rings. The number of nitrogens with zero attached hydrogens (tertiary/aromatic N) is 4. The van der Waals surface area contributed by atoms with Gasteiger partial charge in [-0.3, -0.25) is 14.2 Å². The molecule has 29 heavy (non-hydrogen) atoms. The van der Waals surface area contributed by atoms with Crippen LogP contribution in [0.2, 0.25) is 0 Å². The summed E-state index contributed by atoms with van der Waals surface area (Å²) in [5, 5.41) is 3.06. The quantitative estimate of drug-likeness (QED) is 0.458. The molecule has 0 saturated carbocycles. The Morgan fingerprint density at radius 2 is 1.97 bits per heavy atom. The predicted octanol–water partition coefficient (Wildman–Crippen LogP) is 2.44. The second-order valence-corrected chi connectivity index (χ2v) is 8.56. The molecular weight excluding hydrogens is 408 g/mol. The summed E-state index contributed by atoms with van der Waals surface area (Å²) >= 11 is 2.76. The van der Waals surface area contributed by atoms with Crippen molar-refractivity contribution in [3.05, 3.63) is 46.1 Å². The monoisotopic (exact) mass is 430 g/mol. The van der Waals surface area contributed by atoms with E-state index in [0.717, 1.165) is 24.5 Å². The Labute approximate surface area is 176 Å². The number of carbonyl (C=O) groups excluding carboxylic acids is 1. The molecule has 0 N–H and O–H groups in total. The lowest BCUT2D eigenvalue weighted by atomic mass is 10.2. The molecule has 9 heteroatoms. The summed E-state index contributed by atoms with van der Waals surface area (Å²) in [5.74, 6) is 1.18. The van der Waals surface area contributed by atoms with Crippen LogP contribution in [0.3, 0.4) is 0 Å². The van der Waals surface area contributed by atoms with Gasteiger partial charge in [-0.05, 0) is 23.6 Å². The molecule has 0 spiro atoms. The highest BCUT2D eigenvalue weighted by atomic mass is 32.2. The van der Waals surface area contributed by atoms with Crippen LogP contribution in [0.4, 0.5) is 5.69 Å². The number of hydrogen-bond acceptors (Lipinski definition) is 7. The molecule has 0 unspecified atom stereocenters. The van der Waals surface area contributed by atoms with Crippen LogP contribution >= 0.6 is 23.1 Å². The maximum atomic E-state index is 12.7. The number of amides is 1. The fourth-order valence-corrected chi connectivity index (χ4v) is 5.09. The van der Waals surface area contributed by atoms with Gasteiger partial charge in [-0.1, -0.05) is 23.9 Å². The van der Waals surface area contributed by atoms with Crippen LogP contribution in [0.5, 0.6) is 5.75 Å². The Kier molecular flexibility index (Phi) is 5.77. The van der Waals surface area contributed by atoms with Crippen LogP contribution in [0.15, 0.2) is 45.7 Å². The molecule has 152 valence electrons. The number of piperazine rings is 1. The van der Waals surface area contributed by atoms with Gasteiger partial charge in [-0.25, -0.2) is 4.98 Å². The predicted molar refractivity (Wildman–Crippen MR) is 117 cm³/mol. The minimum Gasteiger partial charge on any atom is -0.495 e. The number of thiophene rings is 1. The van der Waals surface area contributed by atoms with Crippen molar-refractivity contribution in [1.82, 2.24) is 14.5 Å². The number of fused-ring (bicyclic) bond motifs is 1. The van der Waals surface area contributed by atoms with Gasteiger partial charge in [-0.15, -0.1) is 11.3 Å². The second kappa shape index (κ2) is 8.46. The van der Waals surface area contributed by atoms with Crippen molar-refractivity contribution in [2.45, 2.75) is 5.16 Å². The minimum atomic E-state index is -0.0726. The SMILES string of the molecule is COc1ccccc1N1CCN(C(=O)CSc2nc3sccc3c(=O)n2C)CC1. The molecule has 0 bridgehead atoms. The maximum absolute atomic E-state index is 12.7. The van der Waals surface area contributed by atoms with Crippen molar-refractivity contribution >= 4 is 44.9 Å². The summed E-state index contributed by atoms with van der Waals surface area (Å²) < 4.78 is 6.97. The fraction of sp³-hybridized carbons (Fsp3) is 0.350. The Balaban J connectivity index is 1.37. The number of benzene rings is 1. The van der Waals surface area contributed by atoms with Crippen molar-refractivity contribution in [2.75, 3.05) is 43.9 Å². The van der Waals surface area contributed by atoms with Gasteiger partial charge in [0.2, 0.25) is 5.91 Å². The Bertz CT molecular complexity index is 1090. The molecule has 7 nitrogen and oxygen atoms in total. The van der Waals surface area contributed by atoms with E-state index >= 15 is 0 Å². The van der Waals surface area contributed by atoms with E-state index < -0.39 is 0 Å². The summed E-state index contributed by atoms with van der Waals surface area (Å²) in [6.45, 7) is 2.84. The van der Waals surface area contributed by atoms with Crippen LogP contribution in [-0.2, 0) is 11.8 Å². The lowest BCUT2D eigenvalue weighted by molar-refractivity contribution is -0.128. The molecule has 2 aromatic heterocycles. The molecule has 4 rings (SSSR count). The molecular formula is C20H22N4O3S2. The van der Waals surface area contributed by atoms with E-state index in [1.165, 1.54) is 27.7 Å². The van der Waals surface area contributed by atoms with Crippen molar-refractivity contribution in [2.24, 2.45) is 7.05 Å². The first kappa shape index (κ1) is 19.8. The molecule has 0 aliphatic carbocycles. The van der Waals surface area contributed by atoms with E-state index in [1.807, 2.05) is 34.5 Å². The van der Waals surface area contributed by atoms with Gasteiger partial charge in [0, 0.05) is 33.2 Å². The molecule has 1 aromatic carbocycles. The average Bonchev–Trinajstić information content (AvgIpc) is 3.24. The van der Waals surface area contributed by atoms with E-state index in [4.69, 9.17) is 4.74 Å². The molecule has 1 fully saturated rings. The summed E-state index contributed by atoms with van der Waals surface area (Å²) in [7, 11) is 3.37. The van der Waals surface area contributed by atoms with Crippen LogP contribution in [0.1, 0.15) is 0 Å². The highest BCUT2D eigenvalue weighted by molar-refractivity contribution is 7.99. The smallest absolute Gasteiger partial charge is 0.262 e. The third-order valence-corrected chi connectivity index (χ3v) is 6.87. The van der Waals surface area contributed by atoms with Crippen LogP contribution in [-0.4, -0.2) is 59.4 Å². The second-order valence-electron chi connectivity index (χ2n) is 6.73. The van der Waals surface area contributed by atoms with Gasteiger partial charge in [0.15, 0.2) is 5.16 Å². The Morgan fingerprint density at radius 3 is 2.72 bits per heavy atom. The zero-order valence-corrected chi connectivity index (χ0v) is 18.0. The lowest BCUT2D eigenvalue weighted by Gasteiger charge is -2.36. The topological polar surface area (TPSA) is 67.7 Å². The lowest BCUT2D eigenvalue weighted by Crippen LogP contribution is -2.49. The molecule has 1 amide bonds. The normalized spacial score (nSPS) is 14.4. The van der Waals surface area contributed by atoms with Crippen molar-refractivity contribution < 1.29 is 9.53 Å². The van der Waals surface area contributed by atoms with E-state index in [1.54, 1.807) is 20.2 Å². The number of carbonyl (C=O) groups is 1. The van der Waals surface area contributed by atoms with Gasteiger partial charge in [-0.2, -0.15) is 0 Å². The summed E-state index contributed by atoms with van der Waals surface area (Å²) in [5.41, 5.74) is 0.983. The maximum Gasteiger partial charge on any atom is 0.262 e. The third-order valence-electron chi connectivity index (χ3n) is 5.05. The molecule has 0 atom stereocenters. The molecule has 0 radical (unpaired) electrons. The first-order chi connectivity index (χ1) is 14.1. The molecule has 1 saturated heterocycles. The third kappa shape index (κ3) is 3.97. The molecule has 1 aliphatic heterocycles. The molecule has 3 aromatic rings. The van der Waals surface area contributed by atoms with Crippen LogP contribution in [0, 0.1) is 0 Å². The Hall–Kier alpha value is -2.52. The van der Waals surface area contributed by atoms with Gasteiger partial charge in [0.1, 0.15) is 10.6 Å². The van der Waals surface area contributed by atoms with E-state index in [-0.39, 0.29) is 17.2 Å². The number of rotatable bonds is 5. The van der Waals surface area contributed by atoms with E-state index in [9.17, 15) is 9.59 Å². The number of para-hydroxylation sites is 2. The number of methoxy groups -OCH3 is 1. The standard InChI is InChI=1S/C20H22N4O3S2/c1-22-19(26)14-7-12-28-18(14)21-20(22)29-13-17(25)24-10-8-23(9-11-24)15-5-3-4-6-16(15)27-2/h3-7,12H,8-11,13H2,1-2H3. The summed E-state index contributed by atoms with van der Waals surface area (Å²) in [6.07, 6.45) is 0. The average molecular weight is 431 g/mol. The van der Waals surface area contributed by atoms with E-state index in [0.29, 0.717) is 28.5 Å². The van der Waals surface area contributed by atoms with Gasteiger partial charge in [0.05, 0.1) is 23.9 Å². The largest absolute Gasteiger partial charge is 0.495 e. The number of hydrogen-bond donors (Lipinski definition) is 0. The highest BCUT2D eigenvalue weighted by Crippen LogP contribution is 2.28. The highest BCUT2D eigenvalue weighted by Gasteiger charge is 2.23. The zero-order chi connectivity index (χ0) is 20.4. The number of thioether (sulfide) groups is 1. The summed E-state index contributed by atoms with van der Waals surface area (Å²) in [6, 6.07) is 9.72. The fourth-order valence-electron chi connectivity index (χ4n) is 3.41. The first-order valence-electron chi connectivity index (χ1n) is 9.31. The van der Waals surface area contributed by atoms with Crippen LogP contribution in [0.25, 0.3) is 10.2 Å². The van der Waals surface area contributed by atoms with Crippen molar-refractivity contribution in [3.63, 3.8) is 0 Å². The van der Waals surface area contributed by atoms with Gasteiger partial charge < -0.3 is 14.5 Å². The van der Waals surface area contributed by atoms with Gasteiger partial charge in [0.25, 0.3) is 5.56 Å². The minimum absolute atomic E-state index is 0.0650. The van der Waals surface area contributed by atoms with Crippen molar-refractivity contribution in [3.8, 4) is 5.75 Å². The zero-order valence-electron chi connectivity index (χ0n) is 16.3. The number of anilines is 1. The van der Waals surface area contributed by atoms with Crippen LogP contribution < -0.4 is 15.2 Å². The first-order valence-corrected chi connectivity index (χ1v) is 11.2. The van der Waals surface area contributed by atoms with Crippen molar-refractivity contribution in [1.29, 1.82) is 0 Å². The number of ether oxygens (including phenoxy) is 1. The molecule has 3 heterocycles. The van der Waals surface area contributed by atoms with E-state index in [2.05, 4.69) is 9.88 Å². The van der Waals surface area contributed by atoms with Gasteiger partial charge >= 0.3 is 0 Å². The summed E-state index contributed by atoms with van der Waals surface area (Å²) in [4.78, 5) is 34.5.